The summed E-state index contributed by atoms with van der Waals surface area (Å²) in [6.45, 7) is 16.6. The van der Waals surface area contributed by atoms with Gasteiger partial charge in [0.25, 0.3) is 0 Å². The molecule has 130 valence electrons. The highest BCUT2D eigenvalue weighted by Crippen LogP contribution is 2.25. The van der Waals surface area contributed by atoms with Crippen molar-refractivity contribution in [3.05, 3.63) is 54.2 Å². The molecule has 0 radical (unpaired) electrons. The predicted octanol–water partition coefficient (Wildman–Crippen LogP) is 5.30. The van der Waals surface area contributed by atoms with Gasteiger partial charge in [-0.1, -0.05) is 79.5 Å². The van der Waals surface area contributed by atoms with Crippen LogP contribution in [0.25, 0.3) is 22.0 Å². The van der Waals surface area contributed by atoms with E-state index in [1.165, 1.54) is 32.3 Å². The molecule has 0 spiro atoms. The predicted molar refractivity (Wildman–Crippen MR) is 118 cm³/mol. The molecule has 0 fully saturated rings. The smallest absolute Gasteiger partial charge is 0.0784 e. The van der Waals surface area contributed by atoms with Gasteiger partial charge in [-0.05, 0) is 35.9 Å². The Labute approximate surface area is 154 Å². The lowest BCUT2D eigenvalue weighted by Crippen LogP contribution is -2.38. The largest absolute Gasteiger partial charge is 0.256 e. The normalized spacial score (nSPS) is 12.6. The number of hydrogen-bond donors (Lipinski definition) is 0. The molecule has 0 aliphatic carbocycles. The molecule has 1 nitrogen and oxygen atoms in total. The van der Waals surface area contributed by atoms with E-state index in [-0.39, 0.29) is 0 Å². The minimum Gasteiger partial charge on any atom is -0.256 e. The first-order valence-electron chi connectivity index (χ1n) is 9.07. The lowest BCUT2D eigenvalue weighted by Gasteiger charge is -2.22. The summed E-state index contributed by atoms with van der Waals surface area (Å²) in [7, 11) is -2.79. The van der Waals surface area contributed by atoms with E-state index in [4.69, 9.17) is 4.98 Å². The number of nitrogens with zero attached hydrogens (tertiary/aromatic N) is 1. The van der Waals surface area contributed by atoms with Crippen LogP contribution in [0.1, 0.15) is 5.56 Å². The van der Waals surface area contributed by atoms with Gasteiger partial charge in [-0.25, -0.2) is 0 Å². The highest BCUT2D eigenvalue weighted by Gasteiger charge is 2.22. The molecule has 0 saturated carbocycles. The zero-order valence-electron chi connectivity index (χ0n) is 16.6. The number of fused-ring (bicyclic) bond motifs is 1. The number of benzene rings is 2. The SMILES string of the molecule is Cc1ccc2c([Si](C)(C)C)cc(-c3cc([Si](C)(C)C)ccn3)cc2c1. The Bertz CT molecular complexity index is 931. The Morgan fingerprint density at radius 1 is 0.760 bits per heavy atom. The number of aryl methyl sites for hydroxylation is 1. The van der Waals surface area contributed by atoms with Gasteiger partial charge in [-0.15, -0.1) is 0 Å². The summed E-state index contributed by atoms with van der Waals surface area (Å²) in [5.41, 5.74) is 3.69. The third-order valence-corrected chi connectivity index (χ3v) is 8.91. The van der Waals surface area contributed by atoms with Crippen molar-refractivity contribution in [2.75, 3.05) is 0 Å². The average molecular weight is 364 g/mol. The van der Waals surface area contributed by atoms with Crippen molar-refractivity contribution >= 4 is 37.3 Å². The second-order valence-electron chi connectivity index (χ2n) is 9.18. The van der Waals surface area contributed by atoms with Crippen LogP contribution in [0, 0.1) is 6.92 Å². The lowest BCUT2D eigenvalue weighted by molar-refractivity contribution is 1.34. The standard InChI is InChI=1S/C22H29NSi2/c1-16-8-9-20-17(12-16)13-18(14-22(20)25(5,6)7)21-15-19(10-11-23-21)24(2,3)4/h8-15H,1-7H3. The maximum atomic E-state index is 4.71. The van der Waals surface area contributed by atoms with Gasteiger partial charge in [-0.2, -0.15) is 0 Å². The van der Waals surface area contributed by atoms with E-state index >= 15 is 0 Å². The third kappa shape index (κ3) is 3.77. The molecule has 3 aromatic rings. The summed E-state index contributed by atoms with van der Waals surface area (Å²) >= 11 is 0. The van der Waals surface area contributed by atoms with Gasteiger partial charge in [0.1, 0.15) is 0 Å². The van der Waals surface area contributed by atoms with Gasteiger partial charge >= 0.3 is 0 Å². The van der Waals surface area contributed by atoms with E-state index < -0.39 is 16.1 Å². The van der Waals surface area contributed by atoms with Crippen LogP contribution in [-0.2, 0) is 0 Å². The van der Waals surface area contributed by atoms with Crippen LogP contribution in [-0.4, -0.2) is 21.1 Å². The average Bonchev–Trinajstić information content (AvgIpc) is 2.52. The van der Waals surface area contributed by atoms with Gasteiger partial charge in [0.15, 0.2) is 0 Å². The number of rotatable bonds is 3. The zero-order chi connectivity index (χ0) is 18.4. The van der Waals surface area contributed by atoms with Crippen LogP contribution in [0.3, 0.4) is 0 Å². The van der Waals surface area contributed by atoms with Crippen LogP contribution < -0.4 is 10.4 Å². The Balaban J connectivity index is 2.27. The van der Waals surface area contributed by atoms with E-state index in [2.05, 4.69) is 88.7 Å². The summed E-state index contributed by atoms with van der Waals surface area (Å²) in [5, 5.41) is 5.75. The first-order chi connectivity index (χ1) is 11.6. The van der Waals surface area contributed by atoms with E-state index in [1.807, 2.05) is 6.20 Å². The van der Waals surface area contributed by atoms with Gasteiger partial charge in [-0.3, -0.25) is 4.98 Å². The molecule has 2 aromatic carbocycles. The molecule has 0 atom stereocenters. The number of pyridine rings is 1. The Hall–Kier alpha value is -1.72. The van der Waals surface area contributed by atoms with Crippen molar-refractivity contribution in [3.63, 3.8) is 0 Å². The zero-order valence-corrected chi connectivity index (χ0v) is 18.6. The topological polar surface area (TPSA) is 12.9 Å². The van der Waals surface area contributed by atoms with Crippen molar-refractivity contribution in [1.82, 2.24) is 4.98 Å². The van der Waals surface area contributed by atoms with Gasteiger partial charge < -0.3 is 0 Å². The summed E-state index contributed by atoms with van der Waals surface area (Å²) in [6.07, 6.45) is 1.98. The van der Waals surface area contributed by atoms with Crippen LogP contribution in [0.4, 0.5) is 0 Å². The van der Waals surface area contributed by atoms with Gasteiger partial charge in [0.05, 0.1) is 21.8 Å². The molecule has 1 aromatic heterocycles. The number of aromatic nitrogens is 1. The van der Waals surface area contributed by atoms with Gasteiger partial charge in [0.2, 0.25) is 0 Å². The maximum absolute atomic E-state index is 4.71. The molecule has 0 aliphatic heterocycles. The van der Waals surface area contributed by atoms with Crippen molar-refractivity contribution in [1.29, 1.82) is 0 Å². The molecule has 0 bridgehead atoms. The summed E-state index contributed by atoms with van der Waals surface area (Å²) < 4.78 is 0. The Kier molecular flexibility index (Phi) is 4.50. The summed E-state index contributed by atoms with van der Waals surface area (Å²) in [5.74, 6) is 0. The molecule has 25 heavy (non-hydrogen) atoms. The molecule has 0 aliphatic rings. The minimum absolute atomic E-state index is 1.11. The third-order valence-electron chi connectivity index (χ3n) is 4.84. The van der Waals surface area contributed by atoms with Crippen molar-refractivity contribution in [3.8, 4) is 11.3 Å². The van der Waals surface area contributed by atoms with E-state index in [0.29, 0.717) is 0 Å². The first kappa shape index (κ1) is 18.1. The fourth-order valence-corrected chi connectivity index (χ4v) is 6.08. The number of hydrogen-bond acceptors (Lipinski definition) is 1. The lowest BCUT2D eigenvalue weighted by atomic mass is 10.0. The minimum atomic E-state index is -1.45. The molecule has 3 heteroatoms. The molecule has 0 amide bonds. The molecule has 0 unspecified atom stereocenters. The van der Waals surface area contributed by atoms with Gasteiger partial charge in [0, 0.05) is 11.8 Å². The Morgan fingerprint density at radius 3 is 2.12 bits per heavy atom. The highest BCUT2D eigenvalue weighted by molar-refractivity contribution is 6.90. The first-order valence-corrected chi connectivity index (χ1v) is 16.1. The summed E-state index contributed by atoms with van der Waals surface area (Å²) in [6, 6.07) is 16.1. The van der Waals surface area contributed by atoms with Crippen LogP contribution in [0.2, 0.25) is 39.3 Å². The maximum Gasteiger partial charge on any atom is 0.0784 e. The Morgan fingerprint density at radius 2 is 1.48 bits per heavy atom. The van der Waals surface area contributed by atoms with E-state index in [0.717, 1.165) is 5.69 Å². The van der Waals surface area contributed by atoms with Crippen molar-refractivity contribution in [2.24, 2.45) is 0 Å². The molecular weight excluding hydrogens is 334 g/mol. The highest BCUT2D eigenvalue weighted by atomic mass is 28.3. The monoisotopic (exact) mass is 363 g/mol. The fraction of sp³-hybridized carbons (Fsp3) is 0.318. The van der Waals surface area contributed by atoms with Crippen LogP contribution >= 0.6 is 0 Å². The molecule has 3 rings (SSSR count). The van der Waals surface area contributed by atoms with Crippen molar-refractivity contribution in [2.45, 2.75) is 46.2 Å². The quantitative estimate of drug-likeness (QED) is 0.575. The second-order valence-corrected chi connectivity index (χ2v) is 19.3. The molecule has 1 heterocycles. The van der Waals surface area contributed by atoms with Crippen LogP contribution in [0.15, 0.2) is 48.7 Å². The fourth-order valence-electron chi connectivity index (χ4n) is 3.31. The molecule has 0 saturated heterocycles. The van der Waals surface area contributed by atoms with E-state index in [9.17, 15) is 0 Å². The van der Waals surface area contributed by atoms with Crippen molar-refractivity contribution < 1.29 is 0 Å². The molecule has 0 N–H and O–H groups in total. The molecular formula is C22H29NSi2. The van der Waals surface area contributed by atoms with Crippen LogP contribution in [0.5, 0.6) is 0 Å². The van der Waals surface area contributed by atoms with E-state index in [1.54, 1.807) is 0 Å². The second kappa shape index (κ2) is 6.22. The summed E-state index contributed by atoms with van der Waals surface area (Å²) in [4.78, 5) is 4.71.